The van der Waals surface area contributed by atoms with E-state index in [0.717, 1.165) is 16.7 Å². The fraction of sp³-hybridized carbons (Fsp3) is 0.0345. The minimum atomic E-state index is -0.493. The molecule has 5 rings (SSSR count). The summed E-state index contributed by atoms with van der Waals surface area (Å²) in [5.74, 6) is -0.00817. The van der Waals surface area contributed by atoms with Crippen LogP contribution in [0.2, 0.25) is 0 Å². The van der Waals surface area contributed by atoms with Crippen LogP contribution in [0.4, 0.5) is 15.8 Å². The van der Waals surface area contributed by atoms with E-state index < -0.39 is 4.92 Å². The van der Waals surface area contributed by atoms with Crippen LogP contribution in [0.1, 0.15) is 16.7 Å². The third-order valence-electron chi connectivity index (χ3n) is 5.74. The van der Waals surface area contributed by atoms with Gasteiger partial charge in [0.2, 0.25) is 0 Å². The van der Waals surface area contributed by atoms with Crippen molar-refractivity contribution in [3.63, 3.8) is 0 Å². The minimum absolute atomic E-state index is 0.0693. The van der Waals surface area contributed by atoms with Crippen LogP contribution in [0.25, 0.3) is 6.08 Å². The molecule has 8 heteroatoms. The van der Waals surface area contributed by atoms with Crippen molar-refractivity contribution >= 4 is 29.1 Å². The smallest absolute Gasteiger partial charge is 0.281 e. The summed E-state index contributed by atoms with van der Waals surface area (Å²) < 4.78 is 18.9. The number of carbonyl (C=O) groups excluding carboxylic acids is 1. The van der Waals surface area contributed by atoms with Gasteiger partial charge in [0, 0.05) is 17.7 Å². The monoisotopic (exact) mass is 493 g/mol. The van der Waals surface area contributed by atoms with Gasteiger partial charge in [-0.3, -0.25) is 14.9 Å². The molecule has 0 spiro atoms. The second-order valence-corrected chi connectivity index (χ2v) is 8.25. The van der Waals surface area contributed by atoms with E-state index in [9.17, 15) is 19.3 Å². The number of nitro groups is 1. The number of non-ortho nitro benzene ring substituents is 1. The summed E-state index contributed by atoms with van der Waals surface area (Å²) in [5, 5.41) is 16.8. The molecule has 1 aliphatic heterocycles. The Bertz CT molecular complexity index is 1500. The Morgan fingerprint density at radius 3 is 2.22 bits per heavy atom. The van der Waals surface area contributed by atoms with Gasteiger partial charge in [0.15, 0.2) is 0 Å². The molecule has 37 heavy (non-hydrogen) atoms. The van der Waals surface area contributed by atoms with Gasteiger partial charge in [-0.2, -0.15) is 10.1 Å². The van der Waals surface area contributed by atoms with E-state index in [1.54, 1.807) is 30.3 Å². The maximum atomic E-state index is 13.4. The van der Waals surface area contributed by atoms with Gasteiger partial charge >= 0.3 is 0 Å². The van der Waals surface area contributed by atoms with Crippen molar-refractivity contribution in [1.29, 1.82) is 0 Å². The van der Waals surface area contributed by atoms with Gasteiger partial charge in [-0.1, -0.05) is 54.6 Å². The summed E-state index contributed by atoms with van der Waals surface area (Å²) in [7, 11) is 0. The van der Waals surface area contributed by atoms with Gasteiger partial charge in [0.1, 0.15) is 23.9 Å². The number of hydrazone groups is 1. The summed E-state index contributed by atoms with van der Waals surface area (Å²) in [6.07, 6.45) is 1.75. The number of halogens is 1. The molecular formula is C29H20FN3O4. The fourth-order valence-electron chi connectivity index (χ4n) is 3.82. The molecule has 4 aromatic rings. The van der Waals surface area contributed by atoms with Gasteiger partial charge in [0.25, 0.3) is 11.6 Å². The van der Waals surface area contributed by atoms with E-state index in [1.807, 2.05) is 42.5 Å². The Morgan fingerprint density at radius 1 is 0.892 bits per heavy atom. The molecule has 1 aliphatic rings. The molecule has 4 aromatic carbocycles. The van der Waals surface area contributed by atoms with Gasteiger partial charge < -0.3 is 4.74 Å². The Labute approximate surface area is 211 Å². The molecule has 7 nitrogen and oxygen atoms in total. The highest BCUT2D eigenvalue weighted by molar-refractivity contribution is 6.37. The highest BCUT2D eigenvalue weighted by atomic mass is 19.1. The van der Waals surface area contributed by atoms with E-state index in [1.165, 1.54) is 41.4 Å². The summed E-state index contributed by atoms with van der Waals surface area (Å²) in [6.45, 7) is 0.300. The standard InChI is InChI=1S/C29H20FN3O4/c30-23-10-6-21(7-11-23)19-37-26-16-8-20(9-17-26)18-27-28(22-4-2-1-3-5-22)31-32(29(27)34)24-12-14-25(15-13-24)33(35)36/h1-18H,19H2. The number of carbonyl (C=O) groups is 1. The number of anilines is 1. The lowest BCUT2D eigenvalue weighted by Gasteiger charge is -2.11. The van der Waals surface area contributed by atoms with E-state index in [-0.39, 0.29) is 17.4 Å². The molecule has 1 amide bonds. The number of hydrogen-bond donors (Lipinski definition) is 0. The number of ether oxygens (including phenoxy) is 1. The van der Waals surface area contributed by atoms with Crippen molar-refractivity contribution in [2.75, 3.05) is 5.01 Å². The highest BCUT2D eigenvalue weighted by Gasteiger charge is 2.32. The number of hydrogen-bond acceptors (Lipinski definition) is 5. The maximum Gasteiger partial charge on any atom is 0.281 e. The first-order valence-electron chi connectivity index (χ1n) is 11.4. The first kappa shape index (κ1) is 23.6. The molecule has 0 fully saturated rings. The lowest BCUT2D eigenvalue weighted by atomic mass is 10.0. The molecule has 0 aliphatic carbocycles. The summed E-state index contributed by atoms with van der Waals surface area (Å²) in [4.78, 5) is 23.9. The third kappa shape index (κ3) is 5.28. The first-order valence-corrected chi connectivity index (χ1v) is 11.4. The topological polar surface area (TPSA) is 85.0 Å². The second kappa shape index (κ2) is 10.2. The second-order valence-electron chi connectivity index (χ2n) is 8.25. The summed E-state index contributed by atoms with van der Waals surface area (Å²) in [5.41, 5.74) is 3.64. The van der Waals surface area contributed by atoms with Crippen LogP contribution in [0, 0.1) is 15.9 Å². The molecule has 182 valence electrons. The van der Waals surface area contributed by atoms with Gasteiger partial charge in [0.05, 0.1) is 16.2 Å². The van der Waals surface area contributed by atoms with Crippen LogP contribution in [-0.2, 0) is 11.4 Å². The summed E-state index contributed by atoms with van der Waals surface area (Å²) >= 11 is 0. The number of nitrogens with zero attached hydrogens (tertiary/aromatic N) is 3. The zero-order valence-electron chi connectivity index (χ0n) is 19.5. The van der Waals surface area contributed by atoms with Crippen molar-refractivity contribution in [2.45, 2.75) is 6.61 Å². The summed E-state index contributed by atoms with van der Waals surface area (Å²) in [6, 6.07) is 28.4. The molecule has 0 saturated heterocycles. The van der Waals surface area contributed by atoms with Gasteiger partial charge in [-0.05, 0) is 53.6 Å². The molecule has 0 unspecified atom stereocenters. The quantitative estimate of drug-likeness (QED) is 0.176. The molecule has 1 heterocycles. The molecule has 0 atom stereocenters. The van der Waals surface area contributed by atoms with Gasteiger partial charge in [-0.15, -0.1) is 0 Å². The predicted octanol–water partition coefficient (Wildman–Crippen LogP) is 6.15. The Hall–Kier alpha value is -5.11. The molecule has 0 N–H and O–H groups in total. The van der Waals surface area contributed by atoms with E-state index in [2.05, 4.69) is 5.10 Å². The number of amides is 1. The van der Waals surface area contributed by atoms with Crippen molar-refractivity contribution in [3.8, 4) is 5.75 Å². The highest BCUT2D eigenvalue weighted by Crippen LogP contribution is 2.29. The number of rotatable bonds is 7. The molecule has 0 bridgehead atoms. The lowest BCUT2D eigenvalue weighted by molar-refractivity contribution is -0.384. The van der Waals surface area contributed by atoms with Crippen LogP contribution in [0.15, 0.2) is 114 Å². The number of benzene rings is 4. The Balaban J connectivity index is 1.40. The van der Waals surface area contributed by atoms with Crippen LogP contribution >= 0.6 is 0 Å². The van der Waals surface area contributed by atoms with Crippen LogP contribution in [0.5, 0.6) is 5.75 Å². The normalized spacial score (nSPS) is 14.1. The molecule has 0 radical (unpaired) electrons. The largest absolute Gasteiger partial charge is 0.489 e. The van der Waals surface area contributed by atoms with E-state index in [4.69, 9.17) is 4.74 Å². The number of nitro benzene ring substituents is 1. The van der Waals surface area contributed by atoms with Crippen molar-refractivity contribution in [1.82, 2.24) is 0 Å². The van der Waals surface area contributed by atoms with Crippen LogP contribution < -0.4 is 9.75 Å². The molecule has 0 aromatic heterocycles. The van der Waals surface area contributed by atoms with Crippen LogP contribution in [0.3, 0.4) is 0 Å². The van der Waals surface area contributed by atoms with Crippen LogP contribution in [-0.4, -0.2) is 16.5 Å². The third-order valence-corrected chi connectivity index (χ3v) is 5.74. The lowest BCUT2D eigenvalue weighted by Crippen LogP contribution is -2.21. The first-order chi connectivity index (χ1) is 18.0. The zero-order chi connectivity index (χ0) is 25.8. The van der Waals surface area contributed by atoms with Crippen molar-refractivity contribution in [2.24, 2.45) is 5.10 Å². The zero-order valence-corrected chi connectivity index (χ0v) is 19.5. The SMILES string of the molecule is O=C1C(=Cc2ccc(OCc3ccc(F)cc3)cc2)C(c2ccccc2)=NN1c1ccc([N+](=O)[O-])cc1. The average molecular weight is 493 g/mol. The minimum Gasteiger partial charge on any atom is -0.489 e. The Kier molecular flexibility index (Phi) is 6.54. The predicted molar refractivity (Wildman–Crippen MR) is 139 cm³/mol. The average Bonchev–Trinajstić information content (AvgIpc) is 3.25. The van der Waals surface area contributed by atoms with E-state index >= 15 is 0 Å². The van der Waals surface area contributed by atoms with Crippen molar-refractivity contribution < 1.29 is 18.8 Å². The Morgan fingerprint density at radius 2 is 1.57 bits per heavy atom. The van der Waals surface area contributed by atoms with Gasteiger partial charge in [-0.25, -0.2) is 4.39 Å². The molecule has 0 saturated carbocycles. The maximum absolute atomic E-state index is 13.4. The van der Waals surface area contributed by atoms with E-state index in [0.29, 0.717) is 29.3 Å². The fourth-order valence-corrected chi connectivity index (χ4v) is 3.82. The van der Waals surface area contributed by atoms with Crippen molar-refractivity contribution in [3.05, 3.63) is 141 Å². The molecular weight excluding hydrogens is 473 g/mol.